The van der Waals surface area contributed by atoms with E-state index < -0.39 is 7.91 Å². The van der Waals surface area contributed by atoms with Crippen molar-refractivity contribution >= 4 is 7.91 Å². The normalized spacial score (nSPS) is 9.12. The second-order valence-electron chi connectivity index (χ2n) is 1.41. The van der Waals surface area contributed by atoms with Gasteiger partial charge in [-0.25, -0.2) is 9.13 Å². The molecule has 0 atom stereocenters. The fraction of sp³-hybridized carbons (Fsp3) is 1.00. The second-order valence-corrected chi connectivity index (χ2v) is 2.12. The molecule has 0 spiro atoms. The third-order valence-electron chi connectivity index (χ3n) is 0.695. The molecular weight excluding hydrogens is 127 g/mol. The van der Waals surface area contributed by atoms with Crippen LogP contribution in [0.2, 0.25) is 0 Å². The van der Waals surface area contributed by atoms with Crippen molar-refractivity contribution in [2.75, 3.05) is 6.61 Å². The minimum Gasteiger partial charge on any atom is -0.271 e. The molecule has 3 nitrogen and oxygen atoms in total. The van der Waals surface area contributed by atoms with Crippen molar-refractivity contribution in [2.45, 2.75) is 19.8 Å². The van der Waals surface area contributed by atoms with Gasteiger partial charge in [0, 0.05) is 0 Å². The Labute approximate surface area is 48.9 Å². The molecule has 0 radical (unpaired) electrons. The van der Waals surface area contributed by atoms with Gasteiger partial charge >= 0.3 is 7.91 Å². The van der Waals surface area contributed by atoms with E-state index in [0.29, 0.717) is 6.61 Å². The molecule has 0 aliphatic heterocycles. The van der Waals surface area contributed by atoms with Gasteiger partial charge in [-0.2, -0.15) is 0 Å². The predicted octanol–water partition coefficient (Wildman–Crippen LogP) is 1.89. The fourth-order valence-electron chi connectivity index (χ4n) is 0.283. The number of hydrogen-bond acceptors (Lipinski definition) is 3. The molecule has 0 bridgehead atoms. The van der Waals surface area contributed by atoms with Crippen molar-refractivity contribution in [3.05, 3.63) is 0 Å². The zero-order valence-electron chi connectivity index (χ0n) is 4.79. The van der Waals surface area contributed by atoms with E-state index >= 15 is 0 Å². The molecule has 0 amide bonds. The highest BCUT2D eigenvalue weighted by Crippen LogP contribution is 2.05. The van der Waals surface area contributed by atoms with Gasteiger partial charge in [-0.3, -0.25) is 4.52 Å². The lowest BCUT2D eigenvalue weighted by molar-refractivity contribution is 0.298. The summed E-state index contributed by atoms with van der Waals surface area (Å²) in [6.07, 6.45) is 1.77. The van der Waals surface area contributed by atoms with E-state index in [1.54, 1.807) is 0 Å². The largest absolute Gasteiger partial charge is 0.468 e. The summed E-state index contributed by atoms with van der Waals surface area (Å²) in [6, 6.07) is 0. The molecule has 0 fully saturated rings. The van der Waals surface area contributed by atoms with Gasteiger partial charge in [0.05, 0.1) is 6.61 Å². The van der Waals surface area contributed by atoms with Crippen LogP contribution in [0, 0.1) is 0 Å². The average molecular weight is 136 g/mol. The van der Waals surface area contributed by atoms with Crippen molar-refractivity contribution in [3.8, 4) is 0 Å². The zero-order chi connectivity index (χ0) is 6.41. The summed E-state index contributed by atoms with van der Waals surface area (Å²) < 4.78 is 23.6. The lowest BCUT2D eigenvalue weighted by atomic mass is 10.4. The molecule has 8 heavy (non-hydrogen) atoms. The van der Waals surface area contributed by atoms with Crippen LogP contribution in [0.4, 0.5) is 0 Å². The van der Waals surface area contributed by atoms with Crippen LogP contribution < -0.4 is 0 Å². The minimum absolute atomic E-state index is 0.329. The molecule has 0 rings (SSSR count). The summed E-state index contributed by atoms with van der Waals surface area (Å²) in [4.78, 5) is 0. The smallest absolute Gasteiger partial charge is 0.271 e. The molecule has 0 N–H and O–H groups in total. The van der Waals surface area contributed by atoms with E-state index in [-0.39, 0.29) is 0 Å². The Bertz CT molecular complexity index is 99.9. The van der Waals surface area contributed by atoms with Gasteiger partial charge in [0.25, 0.3) is 0 Å². The van der Waals surface area contributed by atoms with Crippen LogP contribution >= 0.6 is 7.91 Å². The van der Waals surface area contributed by atoms with E-state index in [9.17, 15) is 9.13 Å². The SMILES string of the molecule is CCCCOP(=O)=O. The molecule has 0 aromatic carbocycles. The summed E-state index contributed by atoms with van der Waals surface area (Å²) in [6.45, 7) is 2.30. The first-order valence-corrected chi connectivity index (χ1v) is 3.64. The highest BCUT2D eigenvalue weighted by molar-refractivity contribution is 7.24. The highest BCUT2D eigenvalue weighted by atomic mass is 31.1. The topological polar surface area (TPSA) is 43.4 Å². The summed E-state index contributed by atoms with van der Waals surface area (Å²) in [5, 5.41) is 0. The Kier molecular flexibility index (Phi) is 4.92. The molecule has 4 heteroatoms. The van der Waals surface area contributed by atoms with E-state index in [4.69, 9.17) is 0 Å². The number of hydrogen-bond donors (Lipinski definition) is 0. The molecule has 0 heterocycles. The lowest BCUT2D eigenvalue weighted by Crippen LogP contribution is -1.80. The summed E-state index contributed by atoms with van der Waals surface area (Å²) >= 11 is 0. The molecular formula is C4H9O3P. The quantitative estimate of drug-likeness (QED) is 0.437. The monoisotopic (exact) mass is 136 g/mol. The minimum atomic E-state index is -2.61. The van der Waals surface area contributed by atoms with E-state index in [1.807, 2.05) is 6.92 Å². The predicted molar refractivity (Wildman–Crippen MR) is 29.2 cm³/mol. The maximum atomic E-state index is 9.69. The van der Waals surface area contributed by atoms with Gasteiger partial charge in [-0.15, -0.1) is 0 Å². The Morgan fingerprint density at radius 3 is 2.50 bits per heavy atom. The van der Waals surface area contributed by atoms with Crippen molar-refractivity contribution in [2.24, 2.45) is 0 Å². The van der Waals surface area contributed by atoms with Gasteiger partial charge in [0.15, 0.2) is 0 Å². The van der Waals surface area contributed by atoms with Gasteiger partial charge in [0.2, 0.25) is 0 Å². The first kappa shape index (κ1) is 7.86. The van der Waals surface area contributed by atoms with Crippen LogP contribution in [0.1, 0.15) is 19.8 Å². The van der Waals surface area contributed by atoms with Crippen LogP contribution in [-0.4, -0.2) is 6.61 Å². The Morgan fingerprint density at radius 2 is 2.12 bits per heavy atom. The first-order chi connectivity index (χ1) is 3.77. The highest BCUT2D eigenvalue weighted by Gasteiger charge is 1.87. The van der Waals surface area contributed by atoms with Gasteiger partial charge in [-0.05, 0) is 6.42 Å². The standard InChI is InChI=1S/C4H9O3P/c1-2-3-4-7-8(5)6/h2-4H2,1H3. The Balaban J connectivity index is 2.94. The Morgan fingerprint density at radius 1 is 1.50 bits per heavy atom. The fourth-order valence-corrected chi connectivity index (χ4v) is 0.562. The van der Waals surface area contributed by atoms with Crippen molar-refractivity contribution in [1.29, 1.82) is 0 Å². The molecule has 0 aromatic heterocycles. The first-order valence-electron chi connectivity index (χ1n) is 2.54. The lowest BCUT2D eigenvalue weighted by Gasteiger charge is -1.87. The van der Waals surface area contributed by atoms with Crippen LogP contribution in [0.3, 0.4) is 0 Å². The molecule has 0 saturated carbocycles. The third-order valence-corrected chi connectivity index (χ3v) is 1.09. The van der Waals surface area contributed by atoms with E-state index in [1.165, 1.54) is 0 Å². The van der Waals surface area contributed by atoms with Crippen molar-refractivity contribution < 1.29 is 13.7 Å². The van der Waals surface area contributed by atoms with Crippen molar-refractivity contribution in [1.82, 2.24) is 0 Å². The molecule has 0 aliphatic rings. The number of unbranched alkanes of at least 4 members (excludes halogenated alkanes) is 1. The maximum Gasteiger partial charge on any atom is 0.468 e. The van der Waals surface area contributed by atoms with Gasteiger partial charge < -0.3 is 0 Å². The van der Waals surface area contributed by atoms with Gasteiger partial charge in [0.1, 0.15) is 0 Å². The summed E-state index contributed by atoms with van der Waals surface area (Å²) in [5.41, 5.74) is 0. The van der Waals surface area contributed by atoms with Crippen LogP contribution in [0.25, 0.3) is 0 Å². The third kappa shape index (κ3) is 5.86. The second kappa shape index (κ2) is 5.01. The van der Waals surface area contributed by atoms with Crippen LogP contribution in [-0.2, 0) is 13.7 Å². The maximum absolute atomic E-state index is 9.69. The zero-order valence-corrected chi connectivity index (χ0v) is 5.69. The van der Waals surface area contributed by atoms with E-state index in [0.717, 1.165) is 12.8 Å². The Hall–Kier alpha value is -0.140. The van der Waals surface area contributed by atoms with Gasteiger partial charge in [-0.1, -0.05) is 13.3 Å². The number of rotatable bonds is 4. The summed E-state index contributed by atoms with van der Waals surface area (Å²) in [5.74, 6) is 0. The molecule has 48 valence electrons. The van der Waals surface area contributed by atoms with E-state index in [2.05, 4.69) is 4.52 Å². The molecule has 0 aliphatic carbocycles. The average Bonchev–Trinajstić information content (AvgIpc) is 1.66. The molecule has 0 saturated heterocycles. The van der Waals surface area contributed by atoms with Crippen molar-refractivity contribution in [3.63, 3.8) is 0 Å². The summed E-state index contributed by atoms with van der Waals surface area (Å²) in [7, 11) is -2.61. The van der Waals surface area contributed by atoms with Crippen LogP contribution in [0.5, 0.6) is 0 Å². The van der Waals surface area contributed by atoms with Crippen LogP contribution in [0.15, 0.2) is 0 Å². The molecule has 0 unspecified atom stereocenters. The molecule has 0 aromatic rings.